The number of hydrogen-bond acceptors (Lipinski definition) is 4. The Bertz CT molecular complexity index is 1000. The Kier molecular flexibility index (Phi) is 2.94. The smallest absolute Gasteiger partial charge is 0.167 e. The zero-order chi connectivity index (χ0) is 15.2. The quantitative estimate of drug-likeness (QED) is 0.564. The highest BCUT2D eigenvalue weighted by molar-refractivity contribution is 7.19. The zero-order valence-corrected chi connectivity index (χ0v) is 13.5. The Morgan fingerprint density at radius 1 is 1.09 bits per heavy atom. The average molecular weight is 320 g/mol. The van der Waals surface area contributed by atoms with Crippen molar-refractivity contribution in [1.82, 2.24) is 19.6 Å². The lowest BCUT2D eigenvalue weighted by Crippen LogP contribution is -1.99. The summed E-state index contributed by atoms with van der Waals surface area (Å²) in [5, 5.41) is 5.87. The summed E-state index contributed by atoms with van der Waals surface area (Å²) in [4.78, 5) is 12.1. The summed E-state index contributed by atoms with van der Waals surface area (Å²) < 4.78 is 1.85. The highest BCUT2D eigenvalue weighted by Gasteiger charge is 2.20. The first-order valence-electron chi connectivity index (χ1n) is 8.07. The Balaban J connectivity index is 1.67. The lowest BCUT2D eigenvalue weighted by atomic mass is 9.97. The normalized spacial score (nSPS) is 14.4. The van der Waals surface area contributed by atoms with Crippen molar-refractivity contribution in [3.8, 4) is 0 Å². The van der Waals surface area contributed by atoms with E-state index in [0.717, 1.165) is 29.1 Å². The predicted molar refractivity (Wildman–Crippen MR) is 92.1 cm³/mol. The van der Waals surface area contributed by atoms with Gasteiger partial charge >= 0.3 is 0 Å². The van der Waals surface area contributed by atoms with Gasteiger partial charge in [-0.25, -0.2) is 14.5 Å². The molecule has 0 atom stereocenters. The maximum Gasteiger partial charge on any atom is 0.167 e. The first-order chi connectivity index (χ1) is 11.4. The highest BCUT2D eigenvalue weighted by atomic mass is 32.1. The van der Waals surface area contributed by atoms with Crippen LogP contribution in [-0.2, 0) is 19.3 Å². The van der Waals surface area contributed by atoms with Crippen molar-refractivity contribution in [3.05, 3.63) is 58.5 Å². The second-order valence-electron chi connectivity index (χ2n) is 6.09. The van der Waals surface area contributed by atoms with Gasteiger partial charge in [0.15, 0.2) is 11.5 Å². The molecule has 0 fully saturated rings. The van der Waals surface area contributed by atoms with Gasteiger partial charge in [-0.15, -0.1) is 16.4 Å². The van der Waals surface area contributed by atoms with E-state index in [0.29, 0.717) is 0 Å². The Morgan fingerprint density at radius 3 is 2.87 bits per heavy atom. The van der Waals surface area contributed by atoms with Crippen LogP contribution in [0.3, 0.4) is 0 Å². The van der Waals surface area contributed by atoms with E-state index in [9.17, 15) is 0 Å². The Morgan fingerprint density at radius 2 is 1.96 bits per heavy atom. The Hall–Kier alpha value is -2.27. The summed E-state index contributed by atoms with van der Waals surface area (Å²) in [6.45, 7) is 0. The molecule has 0 N–H and O–H groups in total. The molecule has 0 amide bonds. The van der Waals surface area contributed by atoms with Gasteiger partial charge in [-0.1, -0.05) is 30.3 Å². The molecule has 114 valence electrons. The summed E-state index contributed by atoms with van der Waals surface area (Å²) in [7, 11) is 0. The van der Waals surface area contributed by atoms with Crippen LogP contribution in [0.15, 0.2) is 36.7 Å². The van der Waals surface area contributed by atoms with E-state index < -0.39 is 0 Å². The summed E-state index contributed by atoms with van der Waals surface area (Å²) in [5.74, 6) is 0.862. The van der Waals surface area contributed by atoms with Gasteiger partial charge in [0, 0.05) is 11.3 Å². The minimum Gasteiger partial charge on any atom is -0.225 e. The second-order valence-corrected chi connectivity index (χ2v) is 7.18. The molecule has 1 aliphatic carbocycles. The molecule has 0 radical (unpaired) electrons. The summed E-state index contributed by atoms with van der Waals surface area (Å²) in [5.41, 5.74) is 3.67. The van der Waals surface area contributed by atoms with Crippen LogP contribution in [-0.4, -0.2) is 19.6 Å². The minimum atomic E-state index is 0.760. The van der Waals surface area contributed by atoms with E-state index in [-0.39, 0.29) is 0 Å². The number of aromatic nitrogens is 4. The van der Waals surface area contributed by atoms with E-state index in [1.165, 1.54) is 40.7 Å². The topological polar surface area (TPSA) is 43.1 Å². The van der Waals surface area contributed by atoms with Gasteiger partial charge in [-0.2, -0.15) is 0 Å². The third-order valence-corrected chi connectivity index (χ3v) is 5.74. The van der Waals surface area contributed by atoms with Crippen molar-refractivity contribution in [1.29, 1.82) is 0 Å². The summed E-state index contributed by atoms with van der Waals surface area (Å²) in [6.07, 6.45) is 7.47. The van der Waals surface area contributed by atoms with Crippen molar-refractivity contribution in [3.63, 3.8) is 0 Å². The zero-order valence-electron chi connectivity index (χ0n) is 12.7. The van der Waals surface area contributed by atoms with E-state index in [2.05, 4.69) is 34.3 Å². The fourth-order valence-electron chi connectivity index (χ4n) is 3.45. The van der Waals surface area contributed by atoms with Crippen molar-refractivity contribution in [2.24, 2.45) is 0 Å². The molecule has 1 aromatic carbocycles. The second kappa shape index (κ2) is 5.13. The van der Waals surface area contributed by atoms with Crippen molar-refractivity contribution < 1.29 is 0 Å². The fraction of sp³-hybridized carbons (Fsp3) is 0.278. The molecule has 3 aromatic heterocycles. The molecule has 0 spiro atoms. The third-order valence-electron chi connectivity index (χ3n) is 4.54. The first-order valence-corrected chi connectivity index (χ1v) is 8.88. The van der Waals surface area contributed by atoms with Gasteiger partial charge < -0.3 is 0 Å². The van der Waals surface area contributed by atoms with Crippen LogP contribution in [0.25, 0.3) is 15.9 Å². The molecule has 0 saturated heterocycles. The van der Waals surface area contributed by atoms with Gasteiger partial charge in [0.25, 0.3) is 0 Å². The molecular weight excluding hydrogens is 304 g/mol. The molecule has 0 bridgehead atoms. The molecule has 0 aliphatic heterocycles. The molecule has 4 nitrogen and oxygen atoms in total. The van der Waals surface area contributed by atoms with Crippen molar-refractivity contribution >= 4 is 27.2 Å². The van der Waals surface area contributed by atoms with Crippen LogP contribution in [0, 0.1) is 0 Å². The number of hydrogen-bond donors (Lipinski definition) is 0. The molecule has 23 heavy (non-hydrogen) atoms. The van der Waals surface area contributed by atoms with Crippen molar-refractivity contribution in [2.75, 3.05) is 0 Å². The molecule has 5 heteroatoms. The van der Waals surface area contributed by atoms with Crippen LogP contribution >= 0.6 is 11.3 Å². The van der Waals surface area contributed by atoms with Crippen molar-refractivity contribution in [2.45, 2.75) is 32.1 Å². The van der Waals surface area contributed by atoms with Crippen LogP contribution in [0.5, 0.6) is 0 Å². The van der Waals surface area contributed by atoms with E-state index in [4.69, 9.17) is 4.98 Å². The summed E-state index contributed by atoms with van der Waals surface area (Å²) in [6, 6.07) is 10.4. The van der Waals surface area contributed by atoms with Gasteiger partial charge in [-0.05, 0) is 36.8 Å². The van der Waals surface area contributed by atoms with Crippen LogP contribution in [0.1, 0.15) is 34.7 Å². The SMILES string of the molecule is c1ccc(Cc2nc3c4c5c(sc4ncn3n2)CCCC5)cc1. The first kappa shape index (κ1) is 13.2. The van der Waals surface area contributed by atoms with Gasteiger partial charge in [0.2, 0.25) is 0 Å². The Labute approximate surface area is 137 Å². The number of rotatable bonds is 2. The van der Waals surface area contributed by atoms with Crippen LogP contribution in [0.2, 0.25) is 0 Å². The molecule has 5 rings (SSSR count). The largest absolute Gasteiger partial charge is 0.225 e. The predicted octanol–water partition coefficient (Wildman–Crippen LogP) is 3.81. The molecule has 0 unspecified atom stereocenters. The monoisotopic (exact) mass is 320 g/mol. The maximum atomic E-state index is 4.84. The number of thiophene rings is 1. The molecule has 4 aromatic rings. The lowest BCUT2D eigenvalue weighted by molar-refractivity contribution is 0.700. The standard InChI is InChI=1S/C18H16N4S/c1-2-6-12(7-3-1)10-15-20-17-16-13-8-4-5-9-14(13)23-18(16)19-11-22(17)21-15/h1-3,6-7,11H,4-5,8-10H2. The highest BCUT2D eigenvalue weighted by Crippen LogP contribution is 2.36. The average Bonchev–Trinajstić information content (AvgIpc) is 3.15. The summed E-state index contributed by atoms with van der Waals surface area (Å²) >= 11 is 1.84. The third kappa shape index (κ3) is 2.15. The maximum absolute atomic E-state index is 4.84. The molecular formula is C18H16N4S. The van der Waals surface area contributed by atoms with Gasteiger partial charge in [0.05, 0.1) is 5.39 Å². The lowest BCUT2D eigenvalue weighted by Gasteiger charge is -2.09. The van der Waals surface area contributed by atoms with Crippen LogP contribution in [0.4, 0.5) is 0 Å². The van der Waals surface area contributed by atoms with E-state index >= 15 is 0 Å². The molecule has 3 heterocycles. The minimum absolute atomic E-state index is 0.760. The van der Waals surface area contributed by atoms with Gasteiger partial charge in [-0.3, -0.25) is 0 Å². The van der Waals surface area contributed by atoms with E-state index in [1.807, 2.05) is 21.9 Å². The van der Waals surface area contributed by atoms with Gasteiger partial charge in [0.1, 0.15) is 11.2 Å². The molecule has 0 saturated carbocycles. The molecule has 1 aliphatic rings. The fourth-order valence-corrected chi connectivity index (χ4v) is 4.68. The van der Waals surface area contributed by atoms with Crippen LogP contribution < -0.4 is 0 Å². The number of nitrogens with zero attached hydrogens (tertiary/aromatic N) is 4. The number of aryl methyl sites for hydroxylation is 2. The number of fused-ring (bicyclic) bond motifs is 5. The van der Waals surface area contributed by atoms with E-state index in [1.54, 1.807) is 6.33 Å². The number of benzene rings is 1.